The number of piperidine rings is 1. The molecule has 3 aromatic rings. The number of nitrogens with zero attached hydrogens (tertiary/aromatic N) is 5. The monoisotopic (exact) mass is 509 g/mol. The van der Waals surface area contributed by atoms with Gasteiger partial charge in [-0.05, 0) is 118 Å². The van der Waals surface area contributed by atoms with Crippen molar-refractivity contribution in [2.75, 3.05) is 24.5 Å². The molecule has 0 spiro atoms. The van der Waals surface area contributed by atoms with Gasteiger partial charge in [0, 0.05) is 42.4 Å². The zero-order valence-corrected chi connectivity index (χ0v) is 22.4. The van der Waals surface area contributed by atoms with Crippen molar-refractivity contribution in [2.24, 2.45) is 4.99 Å². The predicted molar refractivity (Wildman–Crippen MR) is 153 cm³/mol. The maximum absolute atomic E-state index is 13.3. The Hall–Kier alpha value is -3.76. The number of hydrogen-bond acceptors (Lipinski definition) is 5. The molecule has 0 bridgehead atoms. The fraction of sp³-hybridized carbons (Fsp3) is 0.300. The number of likely N-dealkylation sites (N-methyl/N-ethyl adjacent to an activating group) is 1. The number of aromatic nitrogens is 1. The molecule has 5 rings (SSSR count). The third-order valence-electron chi connectivity index (χ3n) is 7.01. The quantitative estimate of drug-likeness (QED) is 0.365. The van der Waals surface area contributed by atoms with E-state index in [1.54, 1.807) is 4.90 Å². The van der Waals surface area contributed by atoms with E-state index in [4.69, 9.17) is 10.3 Å². The molecule has 0 radical (unpaired) electrons. The fourth-order valence-corrected chi connectivity index (χ4v) is 6.08. The maximum Gasteiger partial charge on any atom is 0.266 e. The summed E-state index contributed by atoms with van der Waals surface area (Å²) in [6.07, 6.45) is 5.79. The number of rotatable bonds is 5. The Labute approximate surface area is 222 Å². The molecule has 3 heterocycles. The minimum absolute atomic E-state index is 0.0145. The number of carbonyl (C=O) groups excluding carboxylic acids is 1. The van der Waals surface area contributed by atoms with E-state index in [2.05, 4.69) is 47.6 Å². The topological polar surface area (TPSA) is 64.6 Å². The van der Waals surface area contributed by atoms with Crippen LogP contribution < -0.4 is 4.90 Å². The summed E-state index contributed by atoms with van der Waals surface area (Å²) in [7, 11) is 0. The number of carbonyl (C=O) groups is 1. The molecule has 2 fully saturated rings. The van der Waals surface area contributed by atoms with Crippen molar-refractivity contribution in [3.63, 3.8) is 0 Å². The first-order valence-corrected chi connectivity index (χ1v) is 13.6. The van der Waals surface area contributed by atoms with Crippen LogP contribution in [0.4, 0.5) is 11.4 Å². The van der Waals surface area contributed by atoms with E-state index in [-0.39, 0.29) is 5.91 Å². The van der Waals surface area contributed by atoms with Gasteiger partial charge in [-0.25, -0.2) is 4.99 Å². The summed E-state index contributed by atoms with van der Waals surface area (Å²) in [5.41, 5.74) is 6.84. The predicted octanol–water partition coefficient (Wildman–Crippen LogP) is 6.58. The Bertz CT molecular complexity index is 1400. The van der Waals surface area contributed by atoms with Gasteiger partial charge in [0.2, 0.25) is 0 Å². The summed E-state index contributed by atoms with van der Waals surface area (Å²) < 4.78 is 2.15. The number of thioether (sulfide) groups is 1. The van der Waals surface area contributed by atoms with Gasteiger partial charge < -0.3 is 9.47 Å². The van der Waals surface area contributed by atoms with Crippen LogP contribution in [0.25, 0.3) is 11.8 Å². The van der Waals surface area contributed by atoms with Crippen LogP contribution in [0.1, 0.15) is 48.7 Å². The molecule has 0 unspecified atom stereocenters. The number of amidine groups is 1. The molecule has 2 aliphatic heterocycles. The van der Waals surface area contributed by atoms with E-state index in [1.807, 2.05) is 49.4 Å². The minimum Gasteiger partial charge on any atom is -0.372 e. The van der Waals surface area contributed by atoms with Crippen LogP contribution in [0, 0.1) is 25.2 Å². The molecular weight excluding hydrogens is 478 g/mol. The number of amides is 1. The van der Waals surface area contributed by atoms with Crippen LogP contribution in [0.3, 0.4) is 0 Å². The molecule has 1 aromatic heterocycles. The summed E-state index contributed by atoms with van der Waals surface area (Å²) in [4.78, 5) is 22.9. The highest BCUT2D eigenvalue weighted by atomic mass is 32.2. The lowest BCUT2D eigenvalue weighted by molar-refractivity contribution is -0.122. The molecule has 0 aliphatic carbocycles. The molecule has 7 heteroatoms. The van der Waals surface area contributed by atoms with E-state index in [1.165, 1.54) is 36.7 Å². The first-order chi connectivity index (χ1) is 18.0. The van der Waals surface area contributed by atoms with Crippen LogP contribution >= 0.6 is 11.8 Å². The highest BCUT2D eigenvalue weighted by molar-refractivity contribution is 8.18. The summed E-state index contributed by atoms with van der Waals surface area (Å²) in [5, 5.41) is 9.82. The van der Waals surface area contributed by atoms with E-state index in [0.717, 1.165) is 41.4 Å². The second-order valence-corrected chi connectivity index (χ2v) is 10.4. The van der Waals surface area contributed by atoms with Crippen LogP contribution in [-0.2, 0) is 4.79 Å². The molecule has 2 aliphatic rings. The maximum atomic E-state index is 13.3. The van der Waals surface area contributed by atoms with Crippen molar-refractivity contribution in [1.29, 1.82) is 5.26 Å². The van der Waals surface area contributed by atoms with Crippen molar-refractivity contribution < 1.29 is 4.79 Å². The third-order valence-corrected chi connectivity index (χ3v) is 8.02. The Kier molecular flexibility index (Phi) is 7.20. The number of anilines is 1. The molecule has 0 saturated carbocycles. The number of nitriles is 1. The molecule has 0 atom stereocenters. The van der Waals surface area contributed by atoms with Gasteiger partial charge in [0.05, 0.1) is 22.2 Å². The zero-order valence-electron chi connectivity index (χ0n) is 21.6. The molecule has 188 valence electrons. The van der Waals surface area contributed by atoms with Gasteiger partial charge in [0.25, 0.3) is 5.91 Å². The second kappa shape index (κ2) is 10.7. The Morgan fingerprint density at radius 1 is 1.00 bits per heavy atom. The molecular formula is C30H31N5OS. The average Bonchev–Trinajstić information content (AvgIpc) is 3.38. The van der Waals surface area contributed by atoms with Crippen LogP contribution in [-0.4, -0.2) is 40.2 Å². The van der Waals surface area contributed by atoms with Gasteiger partial charge in [0.1, 0.15) is 0 Å². The average molecular weight is 510 g/mol. The highest BCUT2D eigenvalue weighted by Gasteiger charge is 2.32. The van der Waals surface area contributed by atoms with Gasteiger partial charge >= 0.3 is 0 Å². The highest BCUT2D eigenvalue weighted by Crippen LogP contribution is 2.35. The minimum atomic E-state index is -0.0145. The molecule has 2 saturated heterocycles. The lowest BCUT2D eigenvalue weighted by Gasteiger charge is -2.28. The molecule has 2 aromatic carbocycles. The SMILES string of the molecule is CCN1C(=O)/C(=C/c2cc(C)n(-c3ccc(C#N)cc3)c2C)SC1=Nc1ccc(N2CCCCC2)cc1. The standard InChI is InChI=1S/C30H31N5OS/c1-4-34-29(36)28(19-24-18-21(2)35(22(24)3)27-12-8-23(20-31)9-13-27)37-30(34)32-25-10-14-26(15-11-25)33-16-6-5-7-17-33/h8-15,18-19H,4-7,16-17H2,1-3H3/b28-19-,32-30?. The Balaban J connectivity index is 1.40. The second-order valence-electron chi connectivity index (χ2n) is 9.44. The number of hydrogen-bond donors (Lipinski definition) is 0. The summed E-state index contributed by atoms with van der Waals surface area (Å²) in [6.45, 7) is 8.88. The lowest BCUT2D eigenvalue weighted by atomic mass is 10.1. The molecule has 1 amide bonds. The Morgan fingerprint density at radius 3 is 2.32 bits per heavy atom. The van der Waals surface area contributed by atoms with Crippen molar-refractivity contribution >= 4 is 40.3 Å². The smallest absolute Gasteiger partial charge is 0.266 e. The van der Waals surface area contributed by atoms with Gasteiger partial charge in [-0.15, -0.1) is 0 Å². The number of benzene rings is 2. The van der Waals surface area contributed by atoms with Crippen molar-refractivity contribution in [1.82, 2.24) is 9.47 Å². The first-order valence-electron chi connectivity index (χ1n) is 12.8. The van der Waals surface area contributed by atoms with E-state index in [9.17, 15) is 4.79 Å². The summed E-state index contributed by atoms with van der Waals surface area (Å²) >= 11 is 1.43. The van der Waals surface area contributed by atoms with Crippen LogP contribution in [0.15, 0.2) is 64.5 Å². The number of aryl methyl sites for hydroxylation is 1. The largest absolute Gasteiger partial charge is 0.372 e. The van der Waals surface area contributed by atoms with Crippen LogP contribution in [0.2, 0.25) is 0 Å². The van der Waals surface area contributed by atoms with E-state index in [0.29, 0.717) is 22.2 Å². The lowest BCUT2D eigenvalue weighted by Crippen LogP contribution is -2.29. The van der Waals surface area contributed by atoms with Crippen molar-refractivity contribution in [2.45, 2.75) is 40.0 Å². The zero-order chi connectivity index (χ0) is 25.9. The van der Waals surface area contributed by atoms with E-state index >= 15 is 0 Å². The van der Waals surface area contributed by atoms with E-state index < -0.39 is 0 Å². The normalized spacial score (nSPS) is 18.2. The summed E-state index contributed by atoms with van der Waals surface area (Å²) in [6, 6.07) is 20.2. The molecule has 6 nitrogen and oxygen atoms in total. The van der Waals surface area contributed by atoms with Crippen molar-refractivity contribution in [3.8, 4) is 11.8 Å². The Morgan fingerprint density at radius 2 is 1.68 bits per heavy atom. The van der Waals surface area contributed by atoms with Gasteiger partial charge in [-0.3, -0.25) is 9.69 Å². The first kappa shape index (κ1) is 24.9. The van der Waals surface area contributed by atoms with Gasteiger partial charge in [0.15, 0.2) is 5.17 Å². The summed E-state index contributed by atoms with van der Waals surface area (Å²) in [5.74, 6) is -0.0145. The van der Waals surface area contributed by atoms with Gasteiger partial charge in [-0.2, -0.15) is 5.26 Å². The van der Waals surface area contributed by atoms with Gasteiger partial charge in [-0.1, -0.05) is 0 Å². The molecule has 0 N–H and O–H groups in total. The fourth-order valence-electron chi connectivity index (χ4n) is 5.03. The van der Waals surface area contributed by atoms with Crippen molar-refractivity contribution in [3.05, 3.63) is 82.0 Å². The molecule has 37 heavy (non-hydrogen) atoms. The number of aliphatic imine (C=N–C) groups is 1. The van der Waals surface area contributed by atoms with Crippen LogP contribution in [0.5, 0.6) is 0 Å². The third kappa shape index (κ3) is 5.07.